The summed E-state index contributed by atoms with van der Waals surface area (Å²) in [6.07, 6.45) is 1.87. The van der Waals surface area contributed by atoms with Crippen LogP contribution in [0.1, 0.15) is 18.1 Å². The van der Waals surface area contributed by atoms with Gasteiger partial charge in [-0.3, -0.25) is 0 Å². The lowest BCUT2D eigenvalue weighted by atomic mass is 10.2. The van der Waals surface area contributed by atoms with E-state index in [4.69, 9.17) is 5.11 Å². The first-order valence-electron chi connectivity index (χ1n) is 5.54. The quantitative estimate of drug-likeness (QED) is 0.779. The predicted molar refractivity (Wildman–Crippen MR) is 66.7 cm³/mol. The molecule has 1 aromatic heterocycles. The van der Waals surface area contributed by atoms with Crippen LogP contribution in [-0.2, 0) is 6.54 Å². The molecule has 90 valence electrons. The summed E-state index contributed by atoms with van der Waals surface area (Å²) in [7, 11) is 3.87. The van der Waals surface area contributed by atoms with E-state index in [2.05, 4.69) is 16.4 Å². The minimum atomic E-state index is 0.0846. The summed E-state index contributed by atoms with van der Waals surface area (Å²) in [6, 6.07) is 2.21. The third-order valence-electron chi connectivity index (χ3n) is 2.75. The molecule has 16 heavy (non-hydrogen) atoms. The zero-order chi connectivity index (χ0) is 12.1. The minimum absolute atomic E-state index is 0.0846. The van der Waals surface area contributed by atoms with Gasteiger partial charge < -0.3 is 15.3 Å². The molecule has 0 radical (unpaired) electrons. The maximum absolute atomic E-state index is 9.12. The van der Waals surface area contributed by atoms with Crippen molar-refractivity contribution in [3.63, 3.8) is 0 Å². The highest BCUT2D eigenvalue weighted by atomic mass is 16.3. The van der Waals surface area contributed by atoms with Crippen LogP contribution in [0.4, 0.5) is 5.82 Å². The van der Waals surface area contributed by atoms with Gasteiger partial charge in [0.05, 0.1) is 12.6 Å². The van der Waals surface area contributed by atoms with Crippen LogP contribution in [-0.4, -0.2) is 36.8 Å². The molecule has 1 atom stereocenters. The van der Waals surface area contributed by atoms with E-state index in [0.717, 1.165) is 17.9 Å². The predicted octanol–water partition coefficient (Wildman–Crippen LogP) is 0.926. The van der Waals surface area contributed by atoms with Crippen molar-refractivity contribution in [1.29, 1.82) is 0 Å². The largest absolute Gasteiger partial charge is 0.394 e. The van der Waals surface area contributed by atoms with Crippen molar-refractivity contribution in [3.8, 4) is 0 Å². The number of anilines is 1. The maximum Gasteiger partial charge on any atom is 0.131 e. The smallest absolute Gasteiger partial charge is 0.131 e. The normalized spacial score (nSPS) is 12.6. The molecule has 0 aliphatic carbocycles. The Labute approximate surface area is 97.3 Å². The number of aliphatic hydroxyl groups is 1. The summed E-state index contributed by atoms with van der Waals surface area (Å²) in [5.41, 5.74) is 2.31. The minimum Gasteiger partial charge on any atom is -0.394 e. The molecule has 0 fully saturated rings. The fraction of sp³-hybridized carbons (Fsp3) is 0.583. The Morgan fingerprint density at radius 1 is 1.56 bits per heavy atom. The van der Waals surface area contributed by atoms with Gasteiger partial charge in [0, 0.05) is 19.8 Å². The summed E-state index contributed by atoms with van der Waals surface area (Å²) in [5, 5.41) is 12.2. The van der Waals surface area contributed by atoms with E-state index < -0.39 is 0 Å². The number of aliphatic hydroxyl groups excluding tert-OH is 1. The highest BCUT2D eigenvalue weighted by molar-refractivity contribution is 5.47. The van der Waals surface area contributed by atoms with Gasteiger partial charge >= 0.3 is 0 Å². The molecule has 0 spiro atoms. The molecule has 0 aromatic carbocycles. The molecule has 1 unspecified atom stereocenters. The SMILES string of the molecule is CNCc1cnc(N(C)C(C)CO)c(C)c1. The van der Waals surface area contributed by atoms with Crippen molar-refractivity contribution in [2.75, 3.05) is 25.6 Å². The third-order valence-corrected chi connectivity index (χ3v) is 2.75. The highest BCUT2D eigenvalue weighted by Crippen LogP contribution is 2.18. The zero-order valence-electron chi connectivity index (χ0n) is 10.5. The van der Waals surface area contributed by atoms with Crippen molar-refractivity contribution in [2.24, 2.45) is 0 Å². The van der Waals surface area contributed by atoms with Gasteiger partial charge in [0.2, 0.25) is 0 Å². The van der Waals surface area contributed by atoms with Gasteiger partial charge in [0.1, 0.15) is 5.82 Å². The average Bonchev–Trinajstić information content (AvgIpc) is 2.28. The van der Waals surface area contributed by atoms with Crippen LogP contribution in [0.15, 0.2) is 12.3 Å². The number of hydrogen-bond donors (Lipinski definition) is 2. The molecular formula is C12H21N3O. The van der Waals surface area contributed by atoms with E-state index in [9.17, 15) is 0 Å². The molecule has 0 saturated carbocycles. The topological polar surface area (TPSA) is 48.4 Å². The standard InChI is InChI=1S/C12H21N3O/c1-9-5-11(6-13-3)7-14-12(9)15(4)10(2)8-16/h5,7,10,13,16H,6,8H2,1-4H3. The second-order valence-corrected chi connectivity index (χ2v) is 4.16. The van der Waals surface area contributed by atoms with Crippen LogP contribution in [0, 0.1) is 6.92 Å². The van der Waals surface area contributed by atoms with Gasteiger partial charge in [-0.25, -0.2) is 4.98 Å². The van der Waals surface area contributed by atoms with Crippen molar-refractivity contribution in [2.45, 2.75) is 26.4 Å². The monoisotopic (exact) mass is 223 g/mol. The molecular weight excluding hydrogens is 202 g/mol. The number of nitrogens with zero attached hydrogens (tertiary/aromatic N) is 2. The first-order valence-corrected chi connectivity index (χ1v) is 5.54. The summed E-state index contributed by atoms with van der Waals surface area (Å²) < 4.78 is 0. The molecule has 0 aliphatic rings. The van der Waals surface area contributed by atoms with Gasteiger partial charge in [-0.2, -0.15) is 0 Å². The molecule has 0 aliphatic heterocycles. The van der Waals surface area contributed by atoms with Crippen LogP contribution >= 0.6 is 0 Å². The number of rotatable bonds is 5. The third kappa shape index (κ3) is 2.93. The molecule has 0 bridgehead atoms. The van der Waals surface area contributed by atoms with Gasteiger partial charge in [-0.1, -0.05) is 0 Å². The van der Waals surface area contributed by atoms with E-state index in [0.29, 0.717) is 0 Å². The summed E-state index contributed by atoms with van der Waals surface area (Å²) >= 11 is 0. The number of pyridine rings is 1. The first kappa shape index (κ1) is 12.9. The van der Waals surface area contributed by atoms with Crippen molar-refractivity contribution >= 4 is 5.82 Å². The van der Waals surface area contributed by atoms with Crippen molar-refractivity contribution in [1.82, 2.24) is 10.3 Å². The Morgan fingerprint density at radius 2 is 2.25 bits per heavy atom. The van der Waals surface area contributed by atoms with Crippen LogP contribution in [0.25, 0.3) is 0 Å². The molecule has 1 rings (SSSR count). The fourth-order valence-corrected chi connectivity index (χ4v) is 1.63. The molecule has 2 N–H and O–H groups in total. The molecule has 0 saturated heterocycles. The van der Waals surface area contributed by atoms with Crippen LogP contribution in [0.5, 0.6) is 0 Å². The Balaban J connectivity index is 2.89. The Hall–Kier alpha value is -1.13. The van der Waals surface area contributed by atoms with Crippen molar-refractivity contribution < 1.29 is 5.11 Å². The maximum atomic E-state index is 9.12. The van der Waals surface area contributed by atoms with Crippen LogP contribution < -0.4 is 10.2 Å². The fourth-order valence-electron chi connectivity index (χ4n) is 1.63. The first-order chi connectivity index (χ1) is 7.60. The van der Waals surface area contributed by atoms with E-state index in [-0.39, 0.29) is 12.6 Å². The molecule has 0 amide bonds. The Kier molecular flexibility index (Phi) is 4.71. The summed E-state index contributed by atoms with van der Waals surface area (Å²) in [4.78, 5) is 6.44. The molecule has 1 aromatic rings. The number of likely N-dealkylation sites (N-methyl/N-ethyl adjacent to an activating group) is 1. The van der Waals surface area contributed by atoms with Crippen molar-refractivity contribution in [3.05, 3.63) is 23.4 Å². The number of nitrogens with one attached hydrogen (secondary N) is 1. The van der Waals surface area contributed by atoms with E-state index >= 15 is 0 Å². The average molecular weight is 223 g/mol. The van der Waals surface area contributed by atoms with Gasteiger partial charge in [-0.05, 0) is 38.1 Å². The summed E-state index contributed by atoms with van der Waals surface area (Å²) in [6.45, 7) is 4.98. The highest BCUT2D eigenvalue weighted by Gasteiger charge is 2.12. The lowest BCUT2D eigenvalue weighted by Crippen LogP contribution is -2.33. The Morgan fingerprint density at radius 3 is 2.75 bits per heavy atom. The van der Waals surface area contributed by atoms with Gasteiger partial charge in [0.15, 0.2) is 0 Å². The number of hydrogen-bond acceptors (Lipinski definition) is 4. The second kappa shape index (κ2) is 5.82. The van der Waals surface area contributed by atoms with Gasteiger partial charge in [-0.15, -0.1) is 0 Å². The molecule has 4 nitrogen and oxygen atoms in total. The molecule has 1 heterocycles. The number of aryl methyl sites for hydroxylation is 1. The van der Waals surface area contributed by atoms with E-state index in [1.165, 1.54) is 5.56 Å². The molecule has 4 heteroatoms. The van der Waals surface area contributed by atoms with Gasteiger partial charge in [0.25, 0.3) is 0 Å². The van der Waals surface area contributed by atoms with E-state index in [1.807, 2.05) is 39.0 Å². The summed E-state index contributed by atoms with van der Waals surface area (Å²) in [5.74, 6) is 0.932. The number of aromatic nitrogens is 1. The lowest BCUT2D eigenvalue weighted by Gasteiger charge is -2.25. The zero-order valence-corrected chi connectivity index (χ0v) is 10.5. The van der Waals surface area contributed by atoms with E-state index in [1.54, 1.807) is 0 Å². The van der Waals surface area contributed by atoms with Crippen LogP contribution in [0.2, 0.25) is 0 Å². The second-order valence-electron chi connectivity index (χ2n) is 4.16. The Bertz CT molecular complexity index is 341. The van der Waals surface area contributed by atoms with Crippen LogP contribution in [0.3, 0.4) is 0 Å². The lowest BCUT2D eigenvalue weighted by molar-refractivity contribution is 0.269.